The van der Waals surface area contributed by atoms with Gasteiger partial charge in [-0.15, -0.1) is 6.58 Å². The van der Waals surface area contributed by atoms with Gasteiger partial charge in [-0.05, 0) is 99.7 Å². The number of allylic oxidation sites excluding steroid dienone is 1. The van der Waals surface area contributed by atoms with Crippen LogP contribution in [0.5, 0.6) is 0 Å². The lowest BCUT2D eigenvalue weighted by Gasteiger charge is -2.41. The molecule has 0 heteroatoms. The van der Waals surface area contributed by atoms with E-state index in [1.807, 2.05) is 0 Å². The van der Waals surface area contributed by atoms with Crippen LogP contribution in [0.15, 0.2) is 12.7 Å². The van der Waals surface area contributed by atoms with E-state index < -0.39 is 0 Å². The molecule has 0 nitrogen and oxygen atoms in total. The molecular formula is C23H40. The fraction of sp³-hybridized carbons (Fsp3) is 0.913. The van der Waals surface area contributed by atoms with E-state index in [2.05, 4.69) is 19.6 Å². The van der Waals surface area contributed by atoms with Gasteiger partial charge in [0, 0.05) is 0 Å². The smallest absolute Gasteiger partial charge is 0.0236 e. The Morgan fingerprint density at radius 3 is 1.43 bits per heavy atom. The normalized spacial score (nSPS) is 42.3. The highest BCUT2D eigenvalue weighted by atomic mass is 14.4. The minimum absolute atomic E-state index is 0.834. The molecule has 0 aromatic carbocycles. The fourth-order valence-corrected chi connectivity index (χ4v) is 6.30. The molecule has 3 aliphatic carbocycles. The molecule has 0 saturated heterocycles. The summed E-state index contributed by atoms with van der Waals surface area (Å²) < 4.78 is 0. The van der Waals surface area contributed by atoms with Crippen molar-refractivity contribution in [2.45, 2.75) is 96.8 Å². The first-order chi connectivity index (χ1) is 11.3. The van der Waals surface area contributed by atoms with Crippen LogP contribution >= 0.6 is 0 Å². The molecule has 3 fully saturated rings. The Balaban J connectivity index is 1.38. The van der Waals surface area contributed by atoms with Crippen LogP contribution in [0.2, 0.25) is 0 Å². The Bertz CT molecular complexity index is 333. The summed E-state index contributed by atoms with van der Waals surface area (Å²) in [6.07, 6.45) is 23.4. The second kappa shape index (κ2) is 8.72. The van der Waals surface area contributed by atoms with E-state index in [4.69, 9.17) is 0 Å². The van der Waals surface area contributed by atoms with Gasteiger partial charge in [0.05, 0.1) is 0 Å². The maximum absolute atomic E-state index is 4.00. The highest BCUT2D eigenvalue weighted by Crippen LogP contribution is 2.46. The summed E-state index contributed by atoms with van der Waals surface area (Å²) in [4.78, 5) is 0. The minimum Gasteiger partial charge on any atom is -0.103 e. The molecule has 132 valence electrons. The van der Waals surface area contributed by atoms with Gasteiger partial charge in [-0.3, -0.25) is 0 Å². The molecule has 23 heavy (non-hydrogen) atoms. The van der Waals surface area contributed by atoms with Crippen molar-refractivity contribution in [3.8, 4) is 0 Å². The SMILES string of the molecule is C=CC1CCC(C2CCC(C3CCC(CCC)CC3)CC2)CC1. The summed E-state index contributed by atoms with van der Waals surface area (Å²) in [5.74, 6) is 6.24. The van der Waals surface area contributed by atoms with Crippen LogP contribution in [0.25, 0.3) is 0 Å². The van der Waals surface area contributed by atoms with E-state index in [-0.39, 0.29) is 0 Å². The lowest BCUT2D eigenvalue weighted by atomic mass is 9.65. The summed E-state index contributed by atoms with van der Waals surface area (Å²) in [5, 5.41) is 0. The van der Waals surface area contributed by atoms with Gasteiger partial charge in [-0.1, -0.05) is 38.7 Å². The highest BCUT2D eigenvalue weighted by Gasteiger charge is 2.34. The predicted octanol–water partition coefficient (Wildman–Crippen LogP) is 7.39. The minimum atomic E-state index is 0.834. The lowest BCUT2D eigenvalue weighted by Crippen LogP contribution is -2.29. The van der Waals surface area contributed by atoms with Crippen molar-refractivity contribution in [1.82, 2.24) is 0 Å². The van der Waals surface area contributed by atoms with Crippen LogP contribution in [0.1, 0.15) is 96.8 Å². The Labute approximate surface area is 145 Å². The maximum atomic E-state index is 4.00. The van der Waals surface area contributed by atoms with Gasteiger partial charge in [0.25, 0.3) is 0 Å². The van der Waals surface area contributed by atoms with Gasteiger partial charge in [0.2, 0.25) is 0 Å². The maximum Gasteiger partial charge on any atom is -0.0236 e. The summed E-state index contributed by atoms with van der Waals surface area (Å²) in [7, 11) is 0. The standard InChI is InChI=1S/C23H40/c1-3-5-19-8-12-21(13-9-19)23-16-14-22(15-17-23)20-10-6-18(4-2)7-11-20/h4,18-23H,2-3,5-17H2,1H3. The molecule has 0 spiro atoms. The van der Waals surface area contributed by atoms with Gasteiger partial charge < -0.3 is 0 Å². The first-order valence-electron chi connectivity index (χ1n) is 10.9. The Kier molecular flexibility index (Phi) is 6.66. The summed E-state index contributed by atoms with van der Waals surface area (Å²) in [5.41, 5.74) is 0. The number of hydrogen-bond donors (Lipinski definition) is 0. The number of rotatable bonds is 5. The second-order valence-electron chi connectivity index (χ2n) is 9.15. The summed E-state index contributed by atoms with van der Waals surface area (Å²) >= 11 is 0. The van der Waals surface area contributed by atoms with Gasteiger partial charge in [-0.2, -0.15) is 0 Å². The van der Waals surface area contributed by atoms with Crippen molar-refractivity contribution in [2.75, 3.05) is 0 Å². The molecule has 0 heterocycles. The van der Waals surface area contributed by atoms with Crippen molar-refractivity contribution in [3.05, 3.63) is 12.7 Å². The lowest BCUT2D eigenvalue weighted by molar-refractivity contribution is 0.107. The van der Waals surface area contributed by atoms with E-state index >= 15 is 0 Å². The Morgan fingerprint density at radius 2 is 1.04 bits per heavy atom. The summed E-state index contributed by atoms with van der Waals surface area (Å²) in [6, 6.07) is 0. The second-order valence-corrected chi connectivity index (χ2v) is 9.15. The zero-order chi connectivity index (χ0) is 16.1. The van der Waals surface area contributed by atoms with E-state index in [1.165, 1.54) is 38.5 Å². The van der Waals surface area contributed by atoms with E-state index in [9.17, 15) is 0 Å². The van der Waals surface area contributed by atoms with Crippen LogP contribution in [0.4, 0.5) is 0 Å². The third-order valence-corrected chi connectivity index (χ3v) is 7.89. The van der Waals surface area contributed by atoms with Crippen LogP contribution in [-0.2, 0) is 0 Å². The largest absolute Gasteiger partial charge is 0.103 e. The average molecular weight is 317 g/mol. The quantitative estimate of drug-likeness (QED) is 0.464. The van der Waals surface area contributed by atoms with Crippen molar-refractivity contribution in [1.29, 1.82) is 0 Å². The topological polar surface area (TPSA) is 0 Å². The molecule has 0 aromatic heterocycles. The van der Waals surface area contributed by atoms with Crippen LogP contribution < -0.4 is 0 Å². The van der Waals surface area contributed by atoms with Crippen LogP contribution in [0, 0.1) is 35.5 Å². The van der Waals surface area contributed by atoms with Crippen molar-refractivity contribution >= 4 is 0 Å². The summed E-state index contributed by atoms with van der Waals surface area (Å²) in [6.45, 7) is 6.36. The van der Waals surface area contributed by atoms with Gasteiger partial charge >= 0.3 is 0 Å². The van der Waals surface area contributed by atoms with E-state index in [1.54, 1.807) is 51.4 Å². The first kappa shape index (κ1) is 17.6. The Morgan fingerprint density at radius 1 is 0.652 bits per heavy atom. The van der Waals surface area contributed by atoms with E-state index in [0.29, 0.717) is 0 Å². The zero-order valence-electron chi connectivity index (χ0n) is 15.6. The third kappa shape index (κ3) is 4.64. The van der Waals surface area contributed by atoms with Gasteiger partial charge in [0.1, 0.15) is 0 Å². The third-order valence-electron chi connectivity index (χ3n) is 7.89. The van der Waals surface area contributed by atoms with Gasteiger partial charge in [0.15, 0.2) is 0 Å². The average Bonchev–Trinajstić information content (AvgIpc) is 2.63. The molecule has 0 N–H and O–H groups in total. The first-order valence-corrected chi connectivity index (χ1v) is 10.9. The van der Waals surface area contributed by atoms with Crippen LogP contribution in [-0.4, -0.2) is 0 Å². The van der Waals surface area contributed by atoms with Crippen molar-refractivity contribution < 1.29 is 0 Å². The van der Waals surface area contributed by atoms with Crippen molar-refractivity contribution in [2.24, 2.45) is 35.5 Å². The molecule has 3 rings (SSSR count). The Hall–Kier alpha value is -0.260. The monoisotopic (exact) mass is 316 g/mol. The van der Waals surface area contributed by atoms with Crippen LogP contribution in [0.3, 0.4) is 0 Å². The molecule has 0 aromatic rings. The van der Waals surface area contributed by atoms with E-state index in [0.717, 1.165) is 35.5 Å². The number of hydrogen-bond acceptors (Lipinski definition) is 0. The molecular weight excluding hydrogens is 276 g/mol. The molecule has 3 aliphatic rings. The molecule has 0 aliphatic heterocycles. The molecule has 0 atom stereocenters. The highest BCUT2D eigenvalue weighted by molar-refractivity contribution is 4.88. The molecule has 3 saturated carbocycles. The van der Waals surface area contributed by atoms with Gasteiger partial charge in [-0.25, -0.2) is 0 Å². The van der Waals surface area contributed by atoms with Crippen molar-refractivity contribution in [3.63, 3.8) is 0 Å². The fourth-order valence-electron chi connectivity index (χ4n) is 6.30. The molecule has 0 radical (unpaired) electrons. The zero-order valence-corrected chi connectivity index (χ0v) is 15.6. The molecule has 0 unspecified atom stereocenters. The molecule has 0 amide bonds. The predicted molar refractivity (Wildman–Crippen MR) is 101 cm³/mol. The molecule has 0 bridgehead atoms.